The maximum Gasteiger partial charge on any atom is 0.333 e. The van der Waals surface area contributed by atoms with Gasteiger partial charge in [0.25, 0.3) is 5.56 Å². The van der Waals surface area contributed by atoms with Gasteiger partial charge in [-0.2, -0.15) is 19.1 Å². The number of tetrazole rings is 1. The van der Waals surface area contributed by atoms with Crippen molar-refractivity contribution in [2.75, 3.05) is 0 Å². The third-order valence-corrected chi connectivity index (χ3v) is 7.26. The Kier molecular flexibility index (Phi) is 6.66. The number of carbonyl (C=O) groups excluding carboxylic acids is 1. The third kappa shape index (κ3) is 5.00. The minimum atomic E-state index is -3.89. The van der Waals surface area contributed by atoms with Crippen molar-refractivity contribution in [1.82, 2.24) is 30.6 Å². The van der Waals surface area contributed by atoms with Gasteiger partial charge in [-0.25, -0.2) is 5.01 Å². The number of aromatic nitrogens is 5. The summed E-state index contributed by atoms with van der Waals surface area (Å²) in [6.07, 6.45) is -1.02. The number of amides is 1. The monoisotopic (exact) mass is 573 g/mol. The van der Waals surface area contributed by atoms with Gasteiger partial charge in [0.05, 0.1) is 23.7 Å². The van der Waals surface area contributed by atoms with E-state index in [1.54, 1.807) is 48.5 Å². The van der Waals surface area contributed by atoms with Crippen LogP contribution in [0, 0.1) is 6.92 Å². The van der Waals surface area contributed by atoms with Gasteiger partial charge in [-0.15, -0.1) is 10.2 Å². The molecule has 1 aliphatic heterocycles. The molecule has 0 radical (unpaired) electrons. The molecule has 0 saturated heterocycles. The topological polar surface area (TPSA) is 120 Å². The second-order valence-corrected chi connectivity index (χ2v) is 10.2. The molecule has 206 valence electrons. The van der Waals surface area contributed by atoms with Gasteiger partial charge in [-0.3, -0.25) is 9.59 Å². The van der Waals surface area contributed by atoms with E-state index in [1.165, 1.54) is 0 Å². The van der Waals surface area contributed by atoms with Crippen LogP contribution < -0.4 is 5.56 Å². The average Bonchev–Trinajstić information content (AvgIpc) is 3.63. The van der Waals surface area contributed by atoms with E-state index in [-0.39, 0.29) is 23.5 Å². The summed E-state index contributed by atoms with van der Waals surface area (Å²) in [6.45, 7) is 1.90. The molecular weight excluding hydrogens is 552 g/mol. The quantitative estimate of drug-likeness (QED) is 0.288. The highest BCUT2D eigenvalue weighted by Gasteiger charge is 2.48. The number of benzene rings is 3. The Labute approximate surface area is 236 Å². The minimum absolute atomic E-state index is 0.0368. The van der Waals surface area contributed by atoms with E-state index in [0.29, 0.717) is 27.2 Å². The van der Waals surface area contributed by atoms with Crippen LogP contribution >= 0.6 is 11.6 Å². The fourth-order valence-corrected chi connectivity index (χ4v) is 5.16. The highest BCUT2D eigenvalue weighted by Crippen LogP contribution is 2.39. The lowest BCUT2D eigenvalue weighted by atomic mass is 9.91. The minimum Gasteiger partial charge on any atom is -0.321 e. The summed E-state index contributed by atoms with van der Waals surface area (Å²) in [5, 5.41) is 19.0. The molecular formula is C29H22ClF2N7O2. The van der Waals surface area contributed by atoms with Gasteiger partial charge in [-0.05, 0) is 36.2 Å². The summed E-state index contributed by atoms with van der Waals surface area (Å²) in [5.41, 5.74) is 3.36. The number of hydrazone groups is 1. The van der Waals surface area contributed by atoms with Gasteiger partial charge in [0.2, 0.25) is 0 Å². The molecule has 2 aromatic heterocycles. The highest BCUT2D eigenvalue weighted by atomic mass is 35.5. The Hall–Kier alpha value is -4.77. The summed E-state index contributed by atoms with van der Waals surface area (Å²) in [6, 6.07) is 20.6. The number of carbonyl (C=O) groups is 1. The smallest absolute Gasteiger partial charge is 0.321 e. The van der Waals surface area contributed by atoms with Crippen LogP contribution in [-0.2, 0) is 11.2 Å². The van der Waals surface area contributed by atoms with Crippen LogP contribution in [0.3, 0.4) is 0 Å². The molecule has 0 fully saturated rings. The second-order valence-electron chi connectivity index (χ2n) is 9.79. The molecule has 0 bridgehead atoms. The van der Waals surface area contributed by atoms with Crippen LogP contribution in [0.2, 0.25) is 5.02 Å². The standard InChI is InChI=1S/C29H22ClF2N7O2/c1-16-6-8-17(9-7-16)23-14-22(36-39(23)28(41)29(31,32)15-24-34-37-38-35-24)26-25(18-10-12-19(30)13-11-18)20-4-2-3-5-21(20)33-27(26)40/h2-13,23H,14-15H2,1H3,(H,33,40)(H,34,35,37,38). The number of para-hydroxylation sites is 1. The van der Waals surface area contributed by atoms with E-state index in [9.17, 15) is 9.59 Å². The Morgan fingerprint density at radius 2 is 1.78 bits per heavy atom. The van der Waals surface area contributed by atoms with Crippen molar-refractivity contribution in [3.05, 3.63) is 111 Å². The lowest BCUT2D eigenvalue weighted by molar-refractivity contribution is -0.159. The molecule has 1 atom stereocenters. The predicted octanol–water partition coefficient (Wildman–Crippen LogP) is 5.23. The lowest BCUT2D eigenvalue weighted by Crippen LogP contribution is -2.42. The average molecular weight is 574 g/mol. The van der Waals surface area contributed by atoms with E-state index in [0.717, 1.165) is 16.0 Å². The van der Waals surface area contributed by atoms with Gasteiger partial charge in [-0.1, -0.05) is 77.0 Å². The van der Waals surface area contributed by atoms with Crippen molar-refractivity contribution in [1.29, 1.82) is 0 Å². The molecule has 0 saturated carbocycles. The zero-order valence-electron chi connectivity index (χ0n) is 21.6. The molecule has 3 aromatic carbocycles. The molecule has 6 rings (SSSR count). The first-order valence-corrected chi connectivity index (χ1v) is 13.1. The Bertz CT molecular complexity index is 1840. The molecule has 3 heterocycles. The maximum atomic E-state index is 15.3. The number of pyridine rings is 1. The normalized spacial score (nSPS) is 15.4. The summed E-state index contributed by atoms with van der Waals surface area (Å²) in [4.78, 5) is 29.9. The number of rotatable bonds is 6. The summed E-state index contributed by atoms with van der Waals surface area (Å²) < 4.78 is 30.6. The molecule has 1 amide bonds. The van der Waals surface area contributed by atoms with E-state index in [1.807, 2.05) is 31.2 Å². The number of nitrogens with one attached hydrogen (secondary N) is 2. The SMILES string of the molecule is Cc1ccc(C2CC(c3c(-c4ccc(Cl)cc4)c4ccccc4[nH]c3=O)=NN2C(=O)C(F)(F)Cc2nn[nH]n2)cc1. The maximum absolute atomic E-state index is 15.3. The van der Waals surface area contributed by atoms with Crippen LogP contribution in [0.15, 0.2) is 82.7 Å². The van der Waals surface area contributed by atoms with Crippen molar-refractivity contribution < 1.29 is 13.6 Å². The molecule has 9 nitrogen and oxygen atoms in total. The van der Waals surface area contributed by atoms with Crippen LogP contribution in [0.1, 0.15) is 35.0 Å². The molecule has 2 N–H and O–H groups in total. The molecule has 0 aliphatic carbocycles. The Morgan fingerprint density at radius 1 is 1.05 bits per heavy atom. The molecule has 1 aliphatic rings. The fourth-order valence-electron chi connectivity index (χ4n) is 5.03. The van der Waals surface area contributed by atoms with Gasteiger partial charge in [0.1, 0.15) is 0 Å². The van der Waals surface area contributed by atoms with E-state index in [2.05, 4.69) is 30.7 Å². The van der Waals surface area contributed by atoms with E-state index in [4.69, 9.17) is 11.6 Å². The second kappa shape index (κ2) is 10.3. The van der Waals surface area contributed by atoms with E-state index < -0.39 is 29.9 Å². The Balaban J connectivity index is 1.52. The van der Waals surface area contributed by atoms with Gasteiger partial charge >= 0.3 is 11.8 Å². The van der Waals surface area contributed by atoms with Crippen LogP contribution in [0.25, 0.3) is 22.0 Å². The molecule has 1 unspecified atom stereocenters. The fraction of sp³-hybridized carbons (Fsp3) is 0.172. The van der Waals surface area contributed by atoms with Crippen molar-refractivity contribution in [3.8, 4) is 11.1 Å². The van der Waals surface area contributed by atoms with Gasteiger partial charge in [0.15, 0.2) is 5.82 Å². The third-order valence-electron chi connectivity index (χ3n) is 7.01. The first-order chi connectivity index (χ1) is 19.7. The number of aromatic amines is 2. The van der Waals surface area contributed by atoms with Crippen molar-refractivity contribution in [2.24, 2.45) is 5.10 Å². The van der Waals surface area contributed by atoms with Crippen molar-refractivity contribution in [3.63, 3.8) is 0 Å². The van der Waals surface area contributed by atoms with Crippen LogP contribution in [0.4, 0.5) is 8.78 Å². The molecule has 0 spiro atoms. The number of nitrogens with zero attached hydrogens (tertiary/aromatic N) is 5. The number of aryl methyl sites for hydroxylation is 1. The highest BCUT2D eigenvalue weighted by molar-refractivity contribution is 6.30. The summed E-state index contributed by atoms with van der Waals surface area (Å²) in [5.74, 6) is -5.73. The number of hydrogen-bond donors (Lipinski definition) is 2. The largest absolute Gasteiger partial charge is 0.333 e. The molecule has 12 heteroatoms. The number of fused-ring (bicyclic) bond motifs is 1. The van der Waals surface area contributed by atoms with Crippen LogP contribution in [-0.4, -0.2) is 48.2 Å². The summed E-state index contributed by atoms with van der Waals surface area (Å²) >= 11 is 6.14. The zero-order chi connectivity index (χ0) is 28.7. The van der Waals surface area contributed by atoms with E-state index >= 15 is 8.78 Å². The summed E-state index contributed by atoms with van der Waals surface area (Å²) in [7, 11) is 0. The molecule has 41 heavy (non-hydrogen) atoms. The first kappa shape index (κ1) is 26.5. The van der Waals surface area contributed by atoms with Crippen LogP contribution in [0.5, 0.6) is 0 Å². The lowest BCUT2D eigenvalue weighted by Gasteiger charge is -2.25. The number of hydrogen-bond acceptors (Lipinski definition) is 6. The number of halogens is 3. The van der Waals surface area contributed by atoms with Crippen molar-refractivity contribution >= 4 is 34.1 Å². The number of H-pyrrole nitrogens is 2. The predicted molar refractivity (Wildman–Crippen MR) is 150 cm³/mol. The van der Waals surface area contributed by atoms with Gasteiger partial charge < -0.3 is 4.98 Å². The Morgan fingerprint density at radius 3 is 2.49 bits per heavy atom. The zero-order valence-corrected chi connectivity index (χ0v) is 22.4. The van der Waals surface area contributed by atoms with Crippen molar-refractivity contribution in [2.45, 2.75) is 31.7 Å². The van der Waals surface area contributed by atoms with Gasteiger partial charge in [0, 0.05) is 27.9 Å². The number of alkyl halides is 2. The first-order valence-electron chi connectivity index (χ1n) is 12.7. The molecule has 5 aromatic rings.